The minimum absolute atomic E-state index is 0.0786. The number of rotatable bonds is 7. The fourth-order valence-electron chi connectivity index (χ4n) is 2.45. The van der Waals surface area contributed by atoms with Gasteiger partial charge in [-0.2, -0.15) is 0 Å². The van der Waals surface area contributed by atoms with Crippen molar-refractivity contribution in [2.75, 3.05) is 11.9 Å². The summed E-state index contributed by atoms with van der Waals surface area (Å²) in [5.41, 5.74) is -0.938. The third-order valence-corrected chi connectivity index (χ3v) is 3.93. The fraction of sp³-hybridized carbons (Fsp3) is 0.533. The summed E-state index contributed by atoms with van der Waals surface area (Å²) in [6, 6.07) is 3.49. The summed E-state index contributed by atoms with van der Waals surface area (Å²) in [5, 5.41) is 3.60. The molecule has 2 heterocycles. The number of cyclic esters (lactones) is 1. The molecule has 1 aromatic heterocycles. The first-order valence-corrected chi connectivity index (χ1v) is 7.60. The summed E-state index contributed by atoms with van der Waals surface area (Å²) in [6.07, 6.45) is 4.87. The summed E-state index contributed by atoms with van der Waals surface area (Å²) in [4.78, 5) is 26.8. The number of anilines is 1. The molecule has 114 valence electrons. The van der Waals surface area contributed by atoms with Crippen molar-refractivity contribution in [3.05, 3.63) is 23.4 Å². The molecule has 0 radical (unpaired) electrons. The molecule has 2 rings (SSSR count). The smallest absolute Gasteiger partial charge is 0.306 e. The molecule has 1 aliphatic heterocycles. The van der Waals surface area contributed by atoms with Gasteiger partial charge in [-0.1, -0.05) is 24.9 Å². The number of ether oxygens (including phenoxy) is 1. The van der Waals surface area contributed by atoms with Gasteiger partial charge in [0.25, 0.3) is 5.82 Å². The third-order valence-electron chi connectivity index (χ3n) is 3.70. The zero-order chi connectivity index (χ0) is 15.3. The maximum Gasteiger partial charge on any atom is 0.306 e. The highest BCUT2D eigenvalue weighted by Crippen LogP contribution is 2.32. The number of hydrogen-bond donors (Lipinski definition) is 1. The number of pyridine rings is 1. The van der Waals surface area contributed by atoms with Gasteiger partial charge in [-0.15, -0.1) is 0 Å². The maximum absolute atomic E-state index is 12.5. The number of aromatic amines is 1. The van der Waals surface area contributed by atoms with Crippen LogP contribution >= 0.6 is 11.6 Å². The Morgan fingerprint density at radius 3 is 2.90 bits per heavy atom. The summed E-state index contributed by atoms with van der Waals surface area (Å²) in [6.45, 7) is 2.17. The largest absolute Gasteiger partial charge is 0.451 e. The number of unbranched alkanes of at least 4 members (excludes halogenated alkanes) is 1. The van der Waals surface area contributed by atoms with Crippen molar-refractivity contribution in [3.63, 3.8) is 0 Å². The Morgan fingerprint density at radius 2 is 2.33 bits per heavy atom. The van der Waals surface area contributed by atoms with Crippen LogP contribution in [0.1, 0.15) is 39.0 Å². The van der Waals surface area contributed by atoms with Crippen molar-refractivity contribution in [1.82, 2.24) is 0 Å². The average Bonchev–Trinajstić information content (AvgIpc) is 2.87. The molecule has 6 heteroatoms. The zero-order valence-electron chi connectivity index (χ0n) is 12.1. The van der Waals surface area contributed by atoms with Gasteiger partial charge in [-0.3, -0.25) is 14.9 Å². The van der Waals surface area contributed by atoms with Crippen LogP contribution in [-0.4, -0.2) is 23.9 Å². The summed E-state index contributed by atoms with van der Waals surface area (Å²) in [5.74, 6) is 0.338. The highest BCUT2D eigenvalue weighted by molar-refractivity contribution is 6.30. The third kappa shape index (κ3) is 3.94. The Hall–Kier alpha value is -1.62. The molecule has 1 aromatic rings. The predicted molar refractivity (Wildman–Crippen MR) is 79.1 cm³/mol. The SMILES string of the molecule is CCCC[C@]1(C(=O)CNc2ccc(Cl)c[nH+]2)CCC(=O)O1. The number of ketones is 1. The van der Waals surface area contributed by atoms with Crippen LogP contribution in [0.25, 0.3) is 0 Å². The molecule has 0 aliphatic carbocycles. The topological polar surface area (TPSA) is 69.5 Å². The molecule has 5 nitrogen and oxygen atoms in total. The van der Waals surface area contributed by atoms with Crippen molar-refractivity contribution >= 4 is 29.2 Å². The van der Waals surface area contributed by atoms with Crippen molar-refractivity contribution in [1.29, 1.82) is 0 Å². The Balaban J connectivity index is 1.98. The van der Waals surface area contributed by atoms with Crippen molar-refractivity contribution in [2.45, 2.75) is 44.6 Å². The van der Waals surface area contributed by atoms with Gasteiger partial charge in [0.1, 0.15) is 12.7 Å². The van der Waals surface area contributed by atoms with Gasteiger partial charge in [-0.05, 0) is 18.9 Å². The molecule has 0 spiro atoms. The second-order valence-corrected chi connectivity index (χ2v) is 5.71. The number of hydrogen-bond acceptors (Lipinski definition) is 4. The van der Waals surface area contributed by atoms with Gasteiger partial charge in [0.05, 0.1) is 5.02 Å². The highest BCUT2D eigenvalue weighted by Gasteiger charge is 2.46. The van der Waals surface area contributed by atoms with E-state index in [1.807, 2.05) is 0 Å². The summed E-state index contributed by atoms with van der Waals surface area (Å²) in [7, 11) is 0. The number of Topliss-reactive ketones (excluding diaryl/α,β-unsaturated/α-hetero) is 1. The molecule has 1 aliphatic rings. The van der Waals surface area contributed by atoms with E-state index < -0.39 is 5.60 Å². The van der Waals surface area contributed by atoms with E-state index in [9.17, 15) is 9.59 Å². The lowest BCUT2D eigenvalue weighted by molar-refractivity contribution is -0.360. The monoisotopic (exact) mass is 311 g/mol. The van der Waals surface area contributed by atoms with Gasteiger partial charge >= 0.3 is 5.97 Å². The quantitative estimate of drug-likeness (QED) is 0.785. The average molecular weight is 312 g/mol. The Kier molecular flexibility index (Phi) is 5.17. The van der Waals surface area contributed by atoms with E-state index in [0.717, 1.165) is 12.8 Å². The van der Waals surface area contributed by atoms with Crippen LogP contribution in [0, 0.1) is 0 Å². The molecule has 1 saturated heterocycles. The molecule has 0 aromatic carbocycles. The summed E-state index contributed by atoms with van der Waals surface area (Å²) < 4.78 is 5.36. The van der Waals surface area contributed by atoms with Crippen LogP contribution in [-0.2, 0) is 14.3 Å². The number of esters is 1. The van der Waals surface area contributed by atoms with Crippen LogP contribution in [0.15, 0.2) is 18.3 Å². The number of carbonyl (C=O) groups is 2. The number of halogens is 1. The van der Waals surface area contributed by atoms with E-state index >= 15 is 0 Å². The lowest BCUT2D eigenvalue weighted by Crippen LogP contribution is -2.42. The first kappa shape index (κ1) is 15.8. The van der Waals surface area contributed by atoms with Gasteiger partial charge in [-0.25, -0.2) is 4.98 Å². The van der Waals surface area contributed by atoms with Gasteiger partial charge in [0.2, 0.25) is 5.78 Å². The van der Waals surface area contributed by atoms with Gasteiger partial charge in [0.15, 0.2) is 5.60 Å². The van der Waals surface area contributed by atoms with Crippen LogP contribution in [0.4, 0.5) is 5.82 Å². The van der Waals surface area contributed by atoms with E-state index in [-0.39, 0.29) is 18.3 Å². The van der Waals surface area contributed by atoms with Crippen LogP contribution in [0.5, 0.6) is 0 Å². The lowest BCUT2D eigenvalue weighted by Gasteiger charge is -2.25. The second-order valence-electron chi connectivity index (χ2n) is 5.27. The standard InChI is InChI=1S/C15H19ClN2O3/c1-2-3-7-15(8-6-14(20)21-15)12(19)10-18-13-5-4-11(16)9-17-13/h4-5,9H,2-3,6-8,10H2,1H3,(H,17,18)/p+1/t15-/m1/s1. The molecule has 0 amide bonds. The first-order valence-electron chi connectivity index (χ1n) is 7.22. The first-order chi connectivity index (χ1) is 10.1. The van der Waals surface area contributed by atoms with Crippen LogP contribution < -0.4 is 10.3 Å². The number of H-pyrrole nitrogens is 1. The molecular formula is C15H20ClN2O3+. The number of carbonyl (C=O) groups excluding carboxylic acids is 2. The second kappa shape index (κ2) is 6.89. The zero-order valence-corrected chi connectivity index (χ0v) is 12.8. The minimum atomic E-state index is -0.938. The molecule has 21 heavy (non-hydrogen) atoms. The van der Waals surface area contributed by atoms with Gasteiger partial charge < -0.3 is 4.74 Å². The molecular weight excluding hydrogens is 292 g/mol. The molecule has 0 saturated carbocycles. The van der Waals surface area contributed by atoms with Crippen LogP contribution in [0.2, 0.25) is 5.02 Å². The van der Waals surface area contributed by atoms with E-state index in [2.05, 4.69) is 17.2 Å². The fourth-order valence-corrected chi connectivity index (χ4v) is 2.57. The van der Waals surface area contributed by atoms with Crippen molar-refractivity contribution in [3.8, 4) is 0 Å². The molecule has 0 bridgehead atoms. The highest BCUT2D eigenvalue weighted by atomic mass is 35.5. The number of aromatic nitrogens is 1. The Bertz CT molecular complexity index is 518. The lowest BCUT2D eigenvalue weighted by atomic mass is 9.89. The van der Waals surface area contributed by atoms with Crippen LogP contribution in [0.3, 0.4) is 0 Å². The number of nitrogens with one attached hydrogen (secondary N) is 2. The maximum atomic E-state index is 12.5. The van der Waals surface area contributed by atoms with Crippen molar-refractivity contribution in [2.24, 2.45) is 0 Å². The Morgan fingerprint density at radius 1 is 1.52 bits per heavy atom. The summed E-state index contributed by atoms with van der Waals surface area (Å²) >= 11 is 5.79. The molecule has 0 unspecified atom stereocenters. The van der Waals surface area contributed by atoms with E-state index in [1.54, 1.807) is 18.3 Å². The predicted octanol–water partition coefficient (Wildman–Crippen LogP) is 2.40. The Labute approximate surface area is 129 Å². The molecule has 1 fully saturated rings. The molecule has 2 N–H and O–H groups in total. The minimum Gasteiger partial charge on any atom is -0.451 e. The van der Waals surface area contributed by atoms with Crippen molar-refractivity contribution < 1.29 is 19.3 Å². The van der Waals surface area contributed by atoms with Gasteiger partial charge in [0, 0.05) is 18.9 Å². The normalized spacial score (nSPS) is 21.1. The molecule has 1 atom stereocenters. The van der Waals surface area contributed by atoms with E-state index in [4.69, 9.17) is 16.3 Å². The van der Waals surface area contributed by atoms with E-state index in [0.29, 0.717) is 30.1 Å². The van der Waals surface area contributed by atoms with E-state index in [1.165, 1.54) is 0 Å².